The zero-order valence-corrected chi connectivity index (χ0v) is 15.0. The molecule has 2 rings (SSSR count). The van der Waals surface area contributed by atoms with Gasteiger partial charge in [-0.05, 0) is 32.1 Å². The molecule has 1 aliphatic carbocycles. The largest absolute Gasteiger partial charge is 0.385 e. The van der Waals surface area contributed by atoms with Crippen molar-refractivity contribution in [2.75, 3.05) is 20.3 Å². The molecule has 1 N–H and O–H groups in total. The van der Waals surface area contributed by atoms with Gasteiger partial charge in [-0.2, -0.15) is 0 Å². The van der Waals surface area contributed by atoms with Gasteiger partial charge in [0, 0.05) is 26.8 Å². The minimum atomic E-state index is -0.163. The molecule has 0 bridgehead atoms. The Kier molecular flexibility index (Phi) is 7.88. The number of carbonyl (C=O) groups excluding carboxylic acids is 1. The van der Waals surface area contributed by atoms with Crippen molar-refractivity contribution in [3.63, 3.8) is 0 Å². The van der Waals surface area contributed by atoms with Gasteiger partial charge in [-0.25, -0.2) is 0 Å². The van der Waals surface area contributed by atoms with E-state index in [1.807, 2.05) is 11.5 Å². The Bertz CT molecular complexity index is 474. The van der Waals surface area contributed by atoms with Gasteiger partial charge in [-0.15, -0.1) is 10.2 Å². The number of hydrogen-bond donors (Lipinski definition) is 1. The topological polar surface area (TPSA) is 69.0 Å². The van der Waals surface area contributed by atoms with Crippen molar-refractivity contribution >= 4 is 17.7 Å². The maximum absolute atomic E-state index is 12.3. The van der Waals surface area contributed by atoms with Gasteiger partial charge in [0.05, 0.1) is 5.25 Å². The van der Waals surface area contributed by atoms with Crippen LogP contribution < -0.4 is 5.32 Å². The van der Waals surface area contributed by atoms with Crippen LogP contribution in [0.5, 0.6) is 0 Å². The van der Waals surface area contributed by atoms with E-state index in [2.05, 4.69) is 15.5 Å². The van der Waals surface area contributed by atoms with Crippen LogP contribution in [0.2, 0.25) is 0 Å². The number of amides is 1. The van der Waals surface area contributed by atoms with Gasteiger partial charge >= 0.3 is 0 Å². The highest BCUT2D eigenvalue weighted by Crippen LogP contribution is 2.24. The molecule has 0 radical (unpaired) electrons. The van der Waals surface area contributed by atoms with E-state index in [1.165, 1.54) is 43.9 Å². The van der Waals surface area contributed by atoms with Gasteiger partial charge in [-0.3, -0.25) is 4.79 Å². The van der Waals surface area contributed by atoms with E-state index in [1.54, 1.807) is 13.4 Å². The fourth-order valence-electron chi connectivity index (χ4n) is 2.86. The number of methoxy groups -OCH3 is 1. The van der Waals surface area contributed by atoms with Crippen LogP contribution in [-0.2, 0) is 16.1 Å². The fourth-order valence-corrected chi connectivity index (χ4v) is 3.73. The number of ether oxygens (including phenoxy) is 1. The van der Waals surface area contributed by atoms with Gasteiger partial charge in [0.15, 0.2) is 5.16 Å². The molecular weight excluding hydrogens is 312 g/mol. The second kappa shape index (κ2) is 9.93. The summed E-state index contributed by atoms with van der Waals surface area (Å²) in [5.74, 6) is 0.745. The highest BCUT2D eigenvalue weighted by Gasteiger charge is 2.20. The number of rotatable bonds is 9. The molecular formula is C16H28N4O2S. The van der Waals surface area contributed by atoms with Crippen LogP contribution in [0.25, 0.3) is 0 Å². The van der Waals surface area contributed by atoms with E-state index >= 15 is 0 Å². The number of hydrogen-bond acceptors (Lipinski definition) is 5. The maximum Gasteiger partial charge on any atom is 0.233 e. The van der Waals surface area contributed by atoms with Gasteiger partial charge < -0.3 is 14.6 Å². The van der Waals surface area contributed by atoms with Crippen molar-refractivity contribution in [2.45, 2.75) is 62.4 Å². The summed E-state index contributed by atoms with van der Waals surface area (Å²) in [6.45, 7) is 4.25. The molecule has 1 heterocycles. The van der Waals surface area contributed by atoms with E-state index < -0.39 is 0 Å². The predicted octanol–water partition coefficient (Wildman–Crippen LogP) is 2.49. The minimum Gasteiger partial charge on any atom is -0.385 e. The monoisotopic (exact) mass is 340 g/mol. The lowest BCUT2D eigenvalue weighted by Crippen LogP contribution is -2.35. The molecule has 0 aromatic carbocycles. The van der Waals surface area contributed by atoms with Crippen LogP contribution in [0.15, 0.2) is 11.5 Å². The van der Waals surface area contributed by atoms with Crippen LogP contribution >= 0.6 is 11.8 Å². The van der Waals surface area contributed by atoms with Crippen molar-refractivity contribution in [3.05, 3.63) is 6.33 Å². The summed E-state index contributed by atoms with van der Waals surface area (Å²) in [6.07, 6.45) is 9.06. The Morgan fingerprint density at radius 1 is 1.48 bits per heavy atom. The molecule has 23 heavy (non-hydrogen) atoms. The average molecular weight is 340 g/mol. The molecule has 1 aliphatic rings. The third-order valence-corrected chi connectivity index (χ3v) is 5.36. The highest BCUT2D eigenvalue weighted by atomic mass is 32.2. The normalized spacial score (nSPS) is 17.1. The van der Waals surface area contributed by atoms with E-state index in [0.717, 1.165) is 24.7 Å². The minimum absolute atomic E-state index is 0.0898. The van der Waals surface area contributed by atoms with E-state index in [4.69, 9.17) is 4.74 Å². The third-order valence-electron chi connectivity index (χ3n) is 4.27. The second-order valence-corrected chi connectivity index (χ2v) is 7.47. The van der Waals surface area contributed by atoms with Gasteiger partial charge in [0.1, 0.15) is 6.33 Å². The van der Waals surface area contributed by atoms with Crippen molar-refractivity contribution in [3.8, 4) is 0 Å². The zero-order valence-electron chi connectivity index (χ0n) is 14.2. The standard InChI is InChI=1S/C16H28N4O2S/c1-13(15(21)17-11-14-7-4-3-5-8-14)23-16-19-18-12-20(16)9-6-10-22-2/h12-14H,3-11H2,1-2H3,(H,17,21). The summed E-state index contributed by atoms with van der Waals surface area (Å²) >= 11 is 1.47. The molecule has 0 saturated heterocycles. The average Bonchev–Trinajstić information content (AvgIpc) is 3.01. The van der Waals surface area contributed by atoms with Crippen LogP contribution in [-0.4, -0.2) is 46.2 Å². The van der Waals surface area contributed by atoms with E-state index in [-0.39, 0.29) is 11.2 Å². The summed E-state index contributed by atoms with van der Waals surface area (Å²) in [6, 6.07) is 0. The van der Waals surface area contributed by atoms with Gasteiger partial charge in [-0.1, -0.05) is 31.0 Å². The molecule has 1 aromatic rings. The molecule has 0 spiro atoms. The molecule has 1 aromatic heterocycles. The predicted molar refractivity (Wildman–Crippen MR) is 91.4 cm³/mol. The second-order valence-electron chi connectivity index (χ2n) is 6.16. The van der Waals surface area contributed by atoms with E-state index in [9.17, 15) is 4.79 Å². The molecule has 1 amide bonds. The first-order valence-electron chi connectivity index (χ1n) is 8.52. The smallest absolute Gasteiger partial charge is 0.233 e. The Morgan fingerprint density at radius 2 is 2.26 bits per heavy atom. The molecule has 7 heteroatoms. The van der Waals surface area contributed by atoms with Crippen molar-refractivity contribution < 1.29 is 9.53 Å². The van der Waals surface area contributed by atoms with Crippen LogP contribution in [0.1, 0.15) is 45.4 Å². The number of aromatic nitrogens is 3. The Morgan fingerprint density at radius 3 is 3.00 bits per heavy atom. The Hall–Kier alpha value is -1.08. The lowest BCUT2D eigenvalue weighted by molar-refractivity contribution is -0.120. The van der Waals surface area contributed by atoms with E-state index in [0.29, 0.717) is 12.5 Å². The maximum atomic E-state index is 12.3. The number of carbonyl (C=O) groups is 1. The summed E-state index contributed by atoms with van der Waals surface area (Å²) in [7, 11) is 1.69. The number of nitrogens with one attached hydrogen (secondary N) is 1. The van der Waals surface area contributed by atoms with Crippen LogP contribution in [0, 0.1) is 5.92 Å². The van der Waals surface area contributed by atoms with Crippen LogP contribution in [0.4, 0.5) is 0 Å². The lowest BCUT2D eigenvalue weighted by Gasteiger charge is -2.22. The highest BCUT2D eigenvalue weighted by molar-refractivity contribution is 8.00. The summed E-state index contributed by atoms with van der Waals surface area (Å²) in [4.78, 5) is 12.3. The molecule has 130 valence electrons. The van der Waals surface area contributed by atoms with Crippen molar-refractivity contribution in [1.82, 2.24) is 20.1 Å². The van der Waals surface area contributed by atoms with Gasteiger partial charge in [0.25, 0.3) is 0 Å². The fraction of sp³-hybridized carbons (Fsp3) is 0.812. The number of thioether (sulfide) groups is 1. The Balaban J connectivity index is 1.75. The Labute approximate surface area is 142 Å². The number of nitrogens with zero attached hydrogens (tertiary/aromatic N) is 3. The SMILES string of the molecule is COCCCn1cnnc1SC(C)C(=O)NCC1CCCCC1. The summed E-state index contributed by atoms with van der Waals surface area (Å²) in [5, 5.41) is 11.8. The van der Waals surface area contributed by atoms with Crippen LogP contribution in [0.3, 0.4) is 0 Å². The summed E-state index contributed by atoms with van der Waals surface area (Å²) in [5.41, 5.74) is 0. The summed E-state index contributed by atoms with van der Waals surface area (Å²) < 4.78 is 7.04. The molecule has 1 atom stereocenters. The first-order chi connectivity index (χ1) is 11.2. The quantitative estimate of drug-likeness (QED) is 0.552. The molecule has 1 unspecified atom stereocenters. The third kappa shape index (κ3) is 6.14. The first kappa shape index (κ1) is 18.3. The van der Waals surface area contributed by atoms with Gasteiger partial charge in [0.2, 0.25) is 5.91 Å². The number of aryl methyl sites for hydroxylation is 1. The zero-order chi connectivity index (χ0) is 16.5. The molecule has 1 fully saturated rings. The van der Waals surface area contributed by atoms with Crippen molar-refractivity contribution in [2.24, 2.45) is 5.92 Å². The lowest BCUT2D eigenvalue weighted by atomic mass is 9.89. The first-order valence-corrected chi connectivity index (χ1v) is 9.39. The molecule has 1 saturated carbocycles. The van der Waals surface area contributed by atoms with Crippen molar-refractivity contribution in [1.29, 1.82) is 0 Å². The molecule has 0 aliphatic heterocycles. The molecule has 6 nitrogen and oxygen atoms in total.